The highest BCUT2D eigenvalue weighted by atomic mass is 32.2. The third-order valence-electron chi connectivity index (χ3n) is 4.71. The summed E-state index contributed by atoms with van der Waals surface area (Å²) in [5.41, 5.74) is 2.78. The van der Waals surface area contributed by atoms with Crippen molar-refractivity contribution in [3.63, 3.8) is 0 Å². The smallest absolute Gasteiger partial charge is 0.341 e. The number of hydrogen-bond acceptors (Lipinski definition) is 6. The molecule has 1 aliphatic heterocycles. The number of hydrogen-bond donors (Lipinski definition) is 1. The van der Waals surface area contributed by atoms with Crippen LogP contribution in [0.1, 0.15) is 40.2 Å². The minimum absolute atomic E-state index is 0.109. The molecule has 7 heteroatoms. The van der Waals surface area contributed by atoms with Crippen LogP contribution in [-0.4, -0.2) is 42.2 Å². The molecule has 0 fully saturated rings. The Morgan fingerprint density at radius 1 is 1.25 bits per heavy atom. The molecule has 1 aliphatic rings. The van der Waals surface area contributed by atoms with Gasteiger partial charge in [-0.15, -0.1) is 23.1 Å². The maximum atomic E-state index is 12.6. The standard InChI is InChI=1S/C21H26N2O3S2/c1-4-23-11-10-16-17(12-23)28-20(19(16)21(25)26-5-2)22-18(24)13-27-15-8-6-14(3)7-9-15/h6-9H,4-5,10-13H2,1-3H3,(H,22,24). The Morgan fingerprint density at radius 3 is 2.68 bits per heavy atom. The van der Waals surface area contributed by atoms with Gasteiger partial charge in [-0.1, -0.05) is 24.6 Å². The molecule has 0 bridgehead atoms. The Morgan fingerprint density at radius 2 is 2.00 bits per heavy atom. The number of thiophene rings is 1. The van der Waals surface area contributed by atoms with Crippen molar-refractivity contribution in [3.8, 4) is 0 Å². The van der Waals surface area contributed by atoms with E-state index in [1.165, 1.54) is 28.7 Å². The van der Waals surface area contributed by atoms with E-state index in [0.29, 0.717) is 22.9 Å². The number of thioether (sulfide) groups is 1. The van der Waals surface area contributed by atoms with Crippen molar-refractivity contribution >= 4 is 40.0 Å². The number of nitrogens with one attached hydrogen (secondary N) is 1. The quantitative estimate of drug-likeness (QED) is 0.535. The van der Waals surface area contributed by atoms with Gasteiger partial charge in [0.15, 0.2) is 0 Å². The lowest BCUT2D eigenvalue weighted by molar-refractivity contribution is -0.113. The first kappa shape index (κ1) is 20.9. The number of aryl methyl sites for hydroxylation is 1. The van der Waals surface area contributed by atoms with Crippen LogP contribution in [0.3, 0.4) is 0 Å². The van der Waals surface area contributed by atoms with Crippen molar-refractivity contribution < 1.29 is 14.3 Å². The molecular weight excluding hydrogens is 392 g/mol. The molecule has 0 radical (unpaired) electrons. The maximum absolute atomic E-state index is 12.6. The van der Waals surface area contributed by atoms with E-state index < -0.39 is 0 Å². The zero-order valence-corrected chi connectivity index (χ0v) is 18.2. The number of amides is 1. The minimum atomic E-state index is -0.341. The van der Waals surface area contributed by atoms with Gasteiger partial charge in [-0.2, -0.15) is 0 Å². The number of benzene rings is 1. The normalized spacial score (nSPS) is 13.8. The predicted octanol–water partition coefficient (Wildman–Crippen LogP) is 4.34. The summed E-state index contributed by atoms with van der Waals surface area (Å²) in [7, 11) is 0. The van der Waals surface area contributed by atoms with Gasteiger partial charge in [-0.05, 0) is 44.5 Å². The molecule has 150 valence electrons. The van der Waals surface area contributed by atoms with E-state index in [-0.39, 0.29) is 11.9 Å². The van der Waals surface area contributed by atoms with Crippen LogP contribution in [0.4, 0.5) is 5.00 Å². The van der Waals surface area contributed by atoms with Crippen LogP contribution in [0.15, 0.2) is 29.2 Å². The monoisotopic (exact) mass is 418 g/mol. The van der Waals surface area contributed by atoms with Gasteiger partial charge in [-0.3, -0.25) is 9.69 Å². The number of carbonyl (C=O) groups excluding carboxylic acids is 2. The van der Waals surface area contributed by atoms with E-state index in [1.54, 1.807) is 6.92 Å². The number of likely N-dealkylation sites (N-methyl/N-ethyl adjacent to an activating group) is 1. The molecule has 0 saturated heterocycles. The van der Waals surface area contributed by atoms with Gasteiger partial charge < -0.3 is 10.1 Å². The third-order valence-corrected chi connectivity index (χ3v) is 6.85. The Kier molecular flexibility index (Phi) is 7.15. The fraction of sp³-hybridized carbons (Fsp3) is 0.429. The first-order valence-corrected chi connectivity index (χ1v) is 11.3. The Hall–Kier alpha value is -1.83. The zero-order chi connectivity index (χ0) is 20.1. The number of fused-ring (bicyclic) bond motifs is 1. The second-order valence-electron chi connectivity index (χ2n) is 6.70. The SMILES string of the molecule is CCOC(=O)c1c(NC(=O)CSc2ccc(C)cc2)sc2c1CCN(CC)C2. The summed E-state index contributed by atoms with van der Waals surface area (Å²) in [6.45, 7) is 9.00. The van der Waals surface area contributed by atoms with Gasteiger partial charge in [0.2, 0.25) is 5.91 Å². The summed E-state index contributed by atoms with van der Waals surface area (Å²) in [5, 5.41) is 3.58. The van der Waals surface area contributed by atoms with Crippen LogP contribution in [0.5, 0.6) is 0 Å². The molecule has 28 heavy (non-hydrogen) atoms. The first-order chi connectivity index (χ1) is 13.5. The van der Waals surface area contributed by atoms with Crippen LogP contribution >= 0.6 is 23.1 Å². The fourth-order valence-corrected chi connectivity index (χ4v) is 5.17. The molecule has 2 aromatic rings. The number of esters is 1. The number of rotatable bonds is 7. The van der Waals surface area contributed by atoms with Crippen LogP contribution in [0.25, 0.3) is 0 Å². The van der Waals surface area contributed by atoms with Gasteiger partial charge >= 0.3 is 5.97 Å². The highest BCUT2D eigenvalue weighted by molar-refractivity contribution is 8.00. The number of ether oxygens (including phenoxy) is 1. The number of carbonyl (C=O) groups is 2. The predicted molar refractivity (Wildman–Crippen MR) is 115 cm³/mol. The molecule has 0 atom stereocenters. The topological polar surface area (TPSA) is 58.6 Å². The highest BCUT2D eigenvalue weighted by Gasteiger charge is 2.29. The van der Waals surface area contributed by atoms with Crippen LogP contribution < -0.4 is 5.32 Å². The van der Waals surface area contributed by atoms with Crippen LogP contribution in [0.2, 0.25) is 0 Å². The van der Waals surface area contributed by atoms with Crippen molar-refractivity contribution in [2.24, 2.45) is 0 Å². The lowest BCUT2D eigenvalue weighted by Gasteiger charge is -2.25. The van der Waals surface area contributed by atoms with E-state index in [2.05, 4.69) is 17.1 Å². The average molecular weight is 419 g/mol. The fourth-order valence-electron chi connectivity index (χ4n) is 3.18. The average Bonchev–Trinajstić information content (AvgIpc) is 3.04. The van der Waals surface area contributed by atoms with Gasteiger partial charge in [0.1, 0.15) is 5.00 Å². The van der Waals surface area contributed by atoms with Crippen molar-refractivity contribution in [2.45, 2.75) is 38.6 Å². The summed E-state index contributed by atoms with van der Waals surface area (Å²) in [4.78, 5) is 29.6. The van der Waals surface area contributed by atoms with E-state index >= 15 is 0 Å². The van der Waals surface area contributed by atoms with Crippen LogP contribution in [0, 0.1) is 6.92 Å². The van der Waals surface area contributed by atoms with Crippen LogP contribution in [-0.2, 0) is 22.5 Å². The second kappa shape index (κ2) is 9.58. The lowest BCUT2D eigenvalue weighted by Crippen LogP contribution is -2.30. The molecule has 0 saturated carbocycles. The summed E-state index contributed by atoms with van der Waals surface area (Å²) < 4.78 is 5.27. The number of anilines is 1. The molecular formula is C21H26N2O3S2. The maximum Gasteiger partial charge on any atom is 0.341 e. The largest absolute Gasteiger partial charge is 0.462 e. The summed E-state index contributed by atoms with van der Waals surface area (Å²) in [5.74, 6) is -0.150. The molecule has 1 N–H and O–H groups in total. The summed E-state index contributed by atoms with van der Waals surface area (Å²) in [6.07, 6.45) is 0.807. The molecule has 1 amide bonds. The summed E-state index contributed by atoms with van der Waals surface area (Å²) >= 11 is 2.99. The molecule has 2 heterocycles. The van der Waals surface area contributed by atoms with E-state index in [1.807, 2.05) is 31.2 Å². The van der Waals surface area contributed by atoms with Gasteiger partial charge in [-0.25, -0.2) is 4.79 Å². The van der Waals surface area contributed by atoms with Crippen molar-refractivity contribution in [1.82, 2.24) is 4.90 Å². The Bertz CT molecular complexity index is 846. The molecule has 0 spiro atoms. The van der Waals surface area contributed by atoms with E-state index in [4.69, 9.17) is 4.74 Å². The summed E-state index contributed by atoms with van der Waals surface area (Å²) in [6, 6.07) is 8.10. The number of nitrogens with zero attached hydrogens (tertiary/aromatic N) is 1. The first-order valence-electron chi connectivity index (χ1n) is 9.55. The van der Waals surface area contributed by atoms with Crippen molar-refractivity contribution in [3.05, 3.63) is 45.8 Å². The lowest BCUT2D eigenvalue weighted by atomic mass is 10.0. The Labute approximate surface area is 174 Å². The van der Waals surface area contributed by atoms with Crippen molar-refractivity contribution in [2.75, 3.05) is 30.8 Å². The second-order valence-corrected chi connectivity index (χ2v) is 8.85. The highest BCUT2D eigenvalue weighted by Crippen LogP contribution is 2.37. The van der Waals surface area contributed by atoms with Crippen molar-refractivity contribution in [1.29, 1.82) is 0 Å². The molecule has 0 aliphatic carbocycles. The molecule has 5 nitrogen and oxygen atoms in total. The van der Waals surface area contributed by atoms with E-state index in [9.17, 15) is 9.59 Å². The molecule has 1 aromatic heterocycles. The zero-order valence-electron chi connectivity index (χ0n) is 16.5. The van der Waals surface area contributed by atoms with E-state index in [0.717, 1.165) is 41.4 Å². The molecule has 3 rings (SSSR count). The molecule has 1 aromatic carbocycles. The van der Waals surface area contributed by atoms with Gasteiger partial charge in [0.25, 0.3) is 0 Å². The minimum Gasteiger partial charge on any atom is -0.462 e. The third kappa shape index (κ3) is 4.96. The Balaban J connectivity index is 1.74. The molecule has 0 unspecified atom stereocenters. The van der Waals surface area contributed by atoms with Gasteiger partial charge in [0, 0.05) is 22.9 Å². The van der Waals surface area contributed by atoms with Gasteiger partial charge in [0.05, 0.1) is 17.9 Å².